The Morgan fingerprint density at radius 1 is 1.36 bits per heavy atom. The fourth-order valence-corrected chi connectivity index (χ4v) is 2.91. The summed E-state index contributed by atoms with van der Waals surface area (Å²) in [4.78, 5) is 20.6. The van der Waals surface area contributed by atoms with E-state index in [1.807, 2.05) is 0 Å². The lowest BCUT2D eigenvalue weighted by atomic mass is 9.67. The fraction of sp³-hybridized carbons (Fsp3) is 0.688. The molecule has 2 fully saturated rings. The maximum atomic E-state index is 12.0. The zero-order chi connectivity index (χ0) is 15.4. The normalized spacial score (nSPS) is 19.3. The third kappa shape index (κ3) is 3.74. The number of hydrogen-bond donors (Lipinski definition) is 2. The highest BCUT2D eigenvalue weighted by molar-refractivity contribution is 5.88. The van der Waals surface area contributed by atoms with Gasteiger partial charge in [-0.3, -0.25) is 0 Å². The first-order valence-corrected chi connectivity index (χ1v) is 8.06. The van der Waals surface area contributed by atoms with E-state index in [4.69, 9.17) is 4.74 Å². The largest absolute Gasteiger partial charge is 0.385 e. The van der Waals surface area contributed by atoms with Crippen LogP contribution in [-0.4, -0.2) is 36.3 Å². The summed E-state index contributed by atoms with van der Waals surface area (Å²) in [7, 11) is 1.72. The highest BCUT2D eigenvalue weighted by Crippen LogP contribution is 2.43. The van der Waals surface area contributed by atoms with Crippen LogP contribution in [0.25, 0.3) is 0 Å². The van der Waals surface area contributed by atoms with E-state index in [1.165, 1.54) is 19.3 Å². The molecule has 6 nitrogen and oxygen atoms in total. The molecule has 0 spiro atoms. The second-order valence-electron chi connectivity index (χ2n) is 6.51. The average Bonchev–Trinajstić information content (AvgIpc) is 3.31. The Morgan fingerprint density at radius 2 is 2.09 bits per heavy atom. The van der Waals surface area contributed by atoms with Crippen LogP contribution in [0.15, 0.2) is 12.4 Å². The molecule has 0 saturated heterocycles. The van der Waals surface area contributed by atoms with E-state index in [-0.39, 0.29) is 11.4 Å². The van der Waals surface area contributed by atoms with Gasteiger partial charge in [0, 0.05) is 26.2 Å². The standard InChI is InChI=1S/C16H24N4O2/c1-22-8-7-16(5-2-6-16)11-19-15(21)20-13-9-17-14(18-10-13)12-3-4-12/h9-10,12H,2-8,11H2,1H3,(H2,19,20,21). The molecule has 1 aromatic heterocycles. The molecule has 0 bridgehead atoms. The third-order valence-electron chi connectivity index (χ3n) is 4.75. The molecule has 1 heterocycles. The Bertz CT molecular complexity index is 509. The van der Waals surface area contributed by atoms with Crippen molar-refractivity contribution in [1.29, 1.82) is 0 Å². The smallest absolute Gasteiger partial charge is 0.319 e. The van der Waals surface area contributed by atoms with Crippen molar-refractivity contribution in [3.05, 3.63) is 18.2 Å². The lowest BCUT2D eigenvalue weighted by Crippen LogP contribution is -2.44. The summed E-state index contributed by atoms with van der Waals surface area (Å²) in [6.07, 6.45) is 10.3. The van der Waals surface area contributed by atoms with Crippen molar-refractivity contribution in [2.45, 2.75) is 44.4 Å². The number of amides is 2. The minimum atomic E-state index is -0.188. The summed E-state index contributed by atoms with van der Waals surface area (Å²) in [5.74, 6) is 1.42. The fourth-order valence-electron chi connectivity index (χ4n) is 2.91. The van der Waals surface area contributed by atoms with Gasteiger partial charge in [-0.05, 0) is 37.5 Å². The molecule has 0 atom stereocenters. The molecule has 2 aliphatic rings. The van der Waals surface area contributed by atoms with Crippen LogP contribution in [-0.2, 0) is 4.74 Å². The van der Waals surface area contributed by atoms with Crippen molar-refractivity contribution in [1.82, 2.24) is 15.3 Å². The van der Waals surface area contributed by atoms with Crippen LogP contribution in [0.4, 0.5) is 10.5 Å². The molecule has 0 radical (unpaired) electrons. The molecule has 0 unspecified atom stereocenters. The van der Waals surface area contributed by atoms with Crippen LogP contribution in [0.1, 0.15) is 50.3 Å². The van der Waals surface area contributed by atoms with Crippen molar-refractivity contribution in [2.24, 2.45) is 5.41 Å². The van der Waals surface area contributed by atoms with Crippen LogP contribution >= 0.6 is 0 Å². The second kappa shape index (κ2) is 6.60. The number of anilines is 1. The predicted molar refractivity (Wildman–Crippen MR) is 83.8 cm³/mol. The van der Waals surface area contributed by atoms with E-state index in [0.29, 0.717) is 18.2 Å². The van der Waals surface area contributed by atoms with Crippen LogP contribution in [0, 0.1) is 5.41 Å². The zero-order valence-electron chi connectivity index (χ0n) is 13.1. The van der Waals surface area contributed by atoms with Crippen LogP contribution in [0.2, 0.25) is 0 Å². The summed E-state index contributed by atoms with van der Waals surface area (Å²) in [6.45, 7) is 1.45. The second-order valence-corrected chi connectivity index (χ2v) is 6.51. The molecule has 22 heavy (non-hydrogen) atoms. The van der Waals surface area contributed by atoms with Gasteiger partial charge in [0.1, 0.15) is 5.82 Å². The molecule has 2 saturated carbocycles. The monoisotopic (exact) mass is 304 g/mol. The van der Waals surface area contributed by atoms with Gasteiger partial charge in [-0.1, -0.05) is 6.42 Å². The van der Waals surface area contributed by atoms with Crippen LogP contribution < -0.4 is 10.6 Å². The molecule has 6 heteroatoms. The van der Waals surface area contributed by atoms with E-state index in [9.17, 15) is 4.79 Å². The van der Waals surface area contributed by atoms with Crippen LogP contribution in [0.5, 0.6) is 0 Å². The maximum Gasteiger partial charge on any atom is 0.319 e. The van der Waals surface area contributed by atoms with Gasteiger partial charge in [-0.2, -0.15) is 0 Å². The number of ether oxygens (including phenoxy) is 1. The quantitative estimate of drug-likeness (QED) is 0.812. The van der Waals surface area contributed by atoms with E-state index >= 15 is 0 Å². The molecule has 0 aromatic carbocycles. The molecule has 2 N–H and O–H groups in total. The maximum absolute atomic E-state index is 12.0. The van der Waals surface area contributed by atoms with Gasteiger partial charge in [-0.25, -0.2) is 14.8 Å². The van der Waals surface area contributed by atoms with E-state index in [1.54, 1.807) is 19.5 Å². The van der Waals surface area contributed by atoms with E-state index in [2.05, 4.69) is 20.6 Å². The number of rotatable bonds is 7. The number of urea groups is 1. The Balaban J connectivity index is 1.45. The number of carbonyl (C=O) groups is 1. The molecule has 0 aliphatic heterocycles. The predicted octanol–water partition coefficient (Wildman–Crippen LogP) is 2.68. The molecular weight excluding hydrogens is 280 g/mol. The Labute approximate surface area is 131 Å². The minimum Gasteiger partial charge on any atom is -0.385 e. The van der Waals surface area contributed by atoms with Crippen molar-refractivity contribution in [3.63, 3.8) is 0 Å². The van der Waals surface area contributed by atoms with Crippen molar-refractivity contribution < 1.29 is 9.53 Å². The zero-order valence-corrected chi connectivity index (χ0v) is 13.1. The Morgan fingerprint density at radius 3 is 2.64 bits per heavy atom. The molecular formula is C16H24N4O2. The Hall–Kier alpha value is -1.69. The number of nitrogens with one attached hydrogen (secondary N) is 2. The Kier molecular flexibility index (Phi) is 4.57. The summed E-state index contributed by atoms with van der Waals surface area (Å²) in [6, 6.07) is -0.188. The van der Waals surface area contributed by atoms with E-state index < -0.39 is 0 Å². The molecule has 120 valence electrons. The first-order chi connectivity index (χ1) is 10.7. The van der Waals surface area contributed by atoms with E-state index in [0.717, 1.165) is 31.7 Å². The number of hydrogen-bond acceptors (Lipinski definition) is 4. The van der Waals surface area contributed by atoms with Gasteiger partial charge in [0.05, 0.1) is 18.1 Å². The number of carbonyl (C=O) groups excluding carboxylic acids is 1. The molecule has 2 amide bonds. The first-order valence-electron chi connectivity index (χ1n) is 8.06. The molecule has 2 aliphatic carbocycles. The first kappa shape index (κ1) is 15.2. The number of aromatic nitrogens is 2. The van der Waals surface area contributed by atoms with Gasteiger partial charge in [0.15, 0.2) is 0 Å². The van der Waals surface area contributed by atoms with Gasteiger partial charge < -0.3 is 15.4 Å². The van der Waals surface area contributed by atoms with Gasteiger partial charge in [0.2, 0.25) is 0 Å². The summed E-state index contributed by atoms with van der Waals surface area (Å²) in [5.41, 5.74) is 0.862. The highest BCUT2D eigenvalue weighted by Gasteiger charge is 2.36. The topological polar surface area (TPSA) is 76.1 Å². The van der Waals surface area contributed by atoms with Crippen molar-refractivity contribution in [3.8, 4) is 0 Å². The molecule has 1 aromatic rings. The average molecular weight is 304 g/mol. The van der Waals surface area contributed by atoms with Crippen molar-refractivity contribution in [2.75, 3.05) is 25.6 Å². The van der Waals surface area contributed by atoms with Gasteiger partial charge in [-0.15, -0.1) is 0 Å². The lowest BCUT2D eigenvalue weighted by molar-refractivity contribution is 0.0717. The third-order valence-corrected chi connectivity index (χ3v) is 4.75. The SMILES string of the molecule is COCCC1(CNC(=O)Nc2cnc(C3CC3)nc2)CCC1. The highest BCUT2D eigenvalue weighted by atomic mass is 16.5. The van der Waals surface area contributed by atoms with Crippen molar-refractivity contribution >= 4 is 11.7 Å². The van der Waals surface area contributed by atoms with Crippen LogP contribution in [0.3, 0.4) is 0 Å². The summed E-state index contributed by atoms with van der Waals surface area (Å²) >= 11 is 0. The lowest BCUT2D eigenvalue weighted by Gasteiger charge is -2.42. The number of methoxy groups -OCH3 is 1. The summed E-state index contributed by atoms with van der Waals surface area (Å²) in [5, 5.41) is 5.77. The summed E-state index contributed by atoms with van der Waals surface area (Å²) < 4.78 is 5.17. The molecule has 3 rings (SSSR count). The number of nitrogens with zero attached hydrogens (tertiary/aromatic N) is 2. The van der Waals surface area contributed by atoms with Gasteiger partial charge in [0.25, 0.3) is 0 Å². The van der Waals surface area contributed by atoms with Gasteiger partial charge >= 0.3 is 6.03 Å². The minimum absolute atomic E-state index is 0.188.